The molecule has 2 fully saturated rings. The lowest BCUT2D eigenvalue weighted by Crippen LogP contribution is -2.40. The van der Waals surface area contributed by atoms with Gasteiger partial charge in [0.05, 0.1) is 41.9 Å². The van der Waals surface area contributed by atoms with E-state index in [2.05, 4.69) is 26.6 Å². The molecule has 2 aromatic carbocycles. The normalized spacial score (nSPS) is 20.3. The van der Waals surface area contributed by atoms with Crippen LogP contribution in [0.3, 0.4) is 0 Å². The molecule has 10 nitrogen and oxygen atoms in total. The first kappa shape index (κ1) is 34.7. The highest BCUT2D eigenvalue weighted by Crippen LogP contribution is 2.47. The van der Waals surface area contributed by atoms with Gasteiger partial charge in [-0.1, -0.05) is 0 Å². The summed E-state index contributed by atoms with van der Waals surface area (Å²) in [4.78, 5) is 7.96. The standard InChI is InChI=1S/C35H34F6N8O2/c1-20-16-48(9-10-51-20)17-21-11-26-27(28(12-21)35(39,40)41)18-49(32(26)50)30-14-22(13-29(44-30)45-33(5-6-33)7-8-42)25-15-23(34(36,37)38)3-4-24(25)31-46-43-19-47(31)2/h3-4,11-15,19-20,32,50H,5-7,9-10,16-18H2,1-2H3,(H,44,45)/t20-,32?/m1/s1. The minimum absolute atomic E-state index is 0.0319. The lowest BCUT2D eigenvalue weighted by molar-refractivity contribution is -0.138. The number of hydrogen-bond donors (Lipinski definition) is 2. The molecular weight excluding hydrogens is 678 g/mol. The van der Waals surface area contributed by atoms with E-state index in [1.165, 1.54) is 29.4 Å². The van der Waals surface area contributed by atoms with Crippen LogP contribution in [-0.2, 0) is 37.2 Å². The van der Waals surface area contributed by atoms with Crippen LogP contribution in [0.5, 0.6) is 0 Å². The molecule has 2 aliphatic heterocycles. The Morgan fingerprint density at radius 2 is 1.84 bits per heavy atom. The van der Waals surface area contributed by atoms with Crippen molar-refractivity contribution in [2.75, 3.05) is 29.9 Å². The van der Waals surface area contributed by atoms with Gasteiger partial charge in [0.1, 0.15) is 18.0 Å². The van der Waals surface area contributed by atoms with E-state index in [-0.39, 0.29) is 65.3 Å². The molecule has 1 aliphatic carbocycles. The number of fused-ring (bicyclic) bond motifs is 1. The van der Waals surface area contributed by atoms with Crippen molar-refractivity contribution in [2.45, 2.75) is 69.5 Å². The summed E-state index contributed by atoms with van der Waals surface area (Å²) in [7, 11) is 1.64. The van der Waals surface area contributed by atoms with Crippen LogP contribution in [0.2, 0.25) is 0 Å². The molecule has 1 saturated heterocycles. The Balaban J connectivity index is 1.34. The van der Waals surface area contributed by atoms with Gasteiger partial charge in [-0.25, -0.2) is 4.98 Å². The minimum atomic E-state index is -4.73. The van der Waals surface area contributed by atoms with E-state index >= 15 is 0 Å². The maximum absolute atomic E-state index is 14.6. The fourth-order valence-corrected chi connectivity index (χ4v) is 6.91. The molecule has 51 heavy (non-hydrogen) atoms. The molecule has 3 aliphatic rings. The van der Waals surface area contributed by atoms with Gasteiger partial charge in [0.2, 0.25) is 0 Å². The lowest BCUT2D eigenvalue weighted by Gasteiger charge is -2.31. The van der Waals surface area contributed by atoms with Gasteiger partial charge in [-0.15, -0.1) is 10.2 Å². The maximum Gasteiger partial charge on any atom is 0.416 e. The highest BCUT2D eigenvalue weighted by Gasteiger charge is 2.44. The van der Waals surface area contributed by atoms with Gasteiger partial charge >= 0.3 is 12.4 Å². The van der Waals surface area contributed by atoms with Gasteiger partial charge in [-0.05, 0) is 84.5 Å². The number of anilines is 2. The van der Waals surface area contributed by atoms with E-state index in [1.807, 2.05) is 11.8 Å². The molecule has 16 heteroatoms. The van der Waals surface area contributed by atoms with Crippen molar-refractivity contribution >= 4 is 11.6 Å². The highest BCUT2D eigenvalue weighted by molar-refractivity contribution is 5.84. The molecular formula is C35H34F6N8O2. The Bertz CT molecular complexity index is 2000. The summed E-state index contributed by atoms with van der Waals surface area (Å²) < 4.78 is 93.1. The van der Waals surface area contributed by atoms with Gasteiger partial charge in [0, 0.05) is 44.4 Å². The second-order valence-electron chi connectivity index (χ2n) is 13.5. The van der Waals surface area contributed by atoms with Crippen molar-refractivity contribution in [3.63, 3.8) is 0 Å². The van der Waals surface area contributed by atoms with Crippen LogP contribution < -0.4 is 10.2 Å². The third-order valence-electron chi connectivity index (χ3n) is 9.66. The molecule has 0 bridgehead atoms. The van der Waals surface area contributed by atoms with Crippen molar-refractivity contribution in [3.8, 4) is 28.6 Å². The molecule has 268 valence electrons. The van der Waals surface area contributed by atoms with Crippen molar-refractivity contribution in [3.05, 3.63) is 76.6 Å². The number of benzene rings is 2. The van der Waals surface area contributed by atoms with Crippen molar-refractivity contribution < 1.29 is 36.2 Å². The number of morpholine rings is 1. The summed E-state index contributed by atoms with van der Waals surface area (Å²) in [6, 6.07) is 11.0. The van der Waals surface area contributed by atoms with E-state index in [4.69, 9.17) is 4.74 Å². The summed E-state index contributed by atoms with van der Waals surface area (Å²) in [5.41, 5.74) is -1.41. The second-order valence-corrected chi connectivity index (χ2v) is 13.5. The topological polar surface area (TPSA) is 115 Å². The van der Waals surface area contributed by atoms with Crippen LogP contribution in [0.15, 0.2) is 48.8 Å². The minimum Gasteiger partial charge on any atom is -0.376 e. The zero-order valence-corrected chi connectivity index (χ0v) is 27.7. The molecule has 0 radical (unpaired) electrons. The molecule has 0 amide bonds. The van der Waals surface area contributed by atoms with E-state index in [0.717, 1.165) is 18.2 Å². The third-order valence-corrected chi connectivity index (χ3v) is 9.66. The van der Waals surface area contributed by atoms with Crippen LogP contribution in [0.4, 0.5) is 38.0 Å². The number of aliphatic hydroxyl groups excluding tert-OH is 1. The first-order chi connectivity index (χ1) is 24.1. The first-order valence-corrected chi connectivity index (χ1v) is 16.4. The highest BCUT2D eigenvalue weighted by atomic mass is 19.4. The molecule has 4 aromatic rings. The molecule has 0 spiro atoms. The van der Waals surface area contributed by atoms with Crippen molar-refractivity contribution in [2.24, 2.45) is 7.05 Å². The Morgan fingerprint density at radius 3 is 2.49 bits per heavy atom. The Morgan fingerprint density at radius 1 is 1.06 bits per heavy atom. The second kappa shape index (κ2) is 12.8. The largest absolute Gasteiger partial charge is 0.416 e. The smallest absolute Gasteiger partial charge is 0.376 e. The van der Waals surface area contributed by atoms with E-state index in [0.29, 0.717) is 43.7 Å². The van der Waals surface area contributed by atoms with Crippen molar-refractivity contribution in [1.82, 2.24) is 24.6 Å². The van der Waals surface area contributed by atoms with Crippen molar-refractivity contribution in [1.29, 1.82) is 5.26 Å². The lowest BCUT2D eigenvalue weighted by atomic mass is 9.96. The summed E-state index contributed by atoms with van der Waals surface area (Å²) in [5.74, 6) is 0.503. The molecule has 2 aromatic heterocycles. The SMILES string of the molecule is C[C@@H]1CN(Cc2cc3c(c(C(F)(F)F)c2)CN(c2cc(-c4cc(C(F)(F)F)ccc4-c4nncn4C)cc(NC4(CC#N)CC4)n2)C3O)CCO1. The number of nitrogens with one attached hydrogen (secondary N) is 1. The molecule has 1 saturated carbocycles. The number of aryl methyl sites for hydroxylation is 1. The van der Waals surface area contributed by atoms with E-state index < -0.39 is 35.2 Å². The number of alkyl halides is 6. The van der Waals surface area contributed by atoms with Crippen LogP contribution in [0.25, 0.3) is 22.5 Å². The van der Waals surface area contributed by atoms with Crippen LogP contribution in [0, 0.1) is 11.3 Å². The third kappa shape index (κ3) is 6.97. The number of rotatable bonds is 8. The number of aliphatic hydroxyl groups is 1. The number of halogens is 6. The maximum atomic E-state index is 14.6. The number of pyridine rings is 1. The average Bonchev–Trinajstić information content (AvgIpc) is 3.53. The van der Waals surface area contributed by atoms with Gasteiger partial charge in [-0.3, -0.25) is 4.90 Å². The molecule has 4 heterocycles. The summed E-state index contributed by atoms with van der Waals surface area (Å²) >= 11 is 0. The number of nitrogens with zero attached hydrogens (tertiary/aromatic N) is 7. The zero-order valence-electron chi connectivity index (χ0n) is 27.7. The Hall–Kier alpha value is -4.72. The number of nitriles is 1. The van der Waals surface area contributed by atoms with Crippen LogP contribution >= 0.6 is 0 Å². The van der Waals surface area contributed by atoms with Gasteiger partial charge in [-0.2, -0.15) is 31.6 Å². The Labute approximate surface area is 289 Å². The average molecular weight is 713 g/mol. The zero-order chi connectivity index (χ0) is 36.3. The quantitative estimate of drug-likeness (QED) is 0.193. The monoisotopic (exact) mass is 712 g/mol. The van der Waals surface area contributed by atoms with Gasteiger partial charge < -0.3 is 24.6 Å². The summed E-state index contributed by atoms with van der Waals surface area (Å²) in [6.45, 7) is 3.29. The summed E-state index contributed by atoms with van der Waals surface area (Å²) in [6.07, 6.45) is -8.20. The molecule has 2 N–H and O–H groups in total. The fraction of sp³-hybridized carbons (Fsp3) is 0.429. The summed E-state index contributed by atoms with van der Waals surface area (Å²) in [5, 5.41) is 32.4. The number of aromatic nitrogens is 4. The molecule has 1 unspecified atom stereocenters. The van der Waals surface area contributed by atoms with Crippen LogP contribution in [0.1, 0.15) is 60.2 Å². The first-order valence-electron chi connectivity index (χ1n) is 16.4. The van der Waals surface area contributed by atoms with E-state index in [9.17, 15) is 36.7 Å². The molecule has 7 rings (SSSR count). The number of hydrogen-bond acceptors (Lipinski definition) is 9. The Kier molecular flexibility index (Phi) is 8.71. The predicted octanol–water partition coefficient (Wildman–Crippen LogP) is 6.67. The van der Waals surface area contributed by atoms with Gasteiger partial charge in [0.25, 0.3) is 0 Å². The predicted molar refractivity (Wildman–Crippen MR) is 174 cm³/mol. The fourth-order valence-electron chi connectivity index (χ4n) is 6.91. The number of ether oxygens (including phenoxy) is 1. The van der Waals surface area contributed by atoms with Gasteiger partial charge in [0.15, 0.2) is 12.1 Å². The van der Waals surface area contributed by atoms with E-state index in [1.54, 1.807) is 17.7 Å². The van der Waals surface area contributed by atoms with Crippen LogP contribution in [-0.4, -0.2) is 61.1 Å². The molecule has 2 atom stereocenters.